The summed E-state index contributed by atoms with van der Waals surface area (Å²) in [6.45, 7) is 3.14. The largest absolute Gasteiger partial charge is 0.480 e. The molecule has 1 aromatic heterocycles. The Balaban J connectivity index is 1.62. The molecule has 1 aromatic carbocycles. The summed E-state index contributed by atoms with van der Waals surface area (Å²) in [5.41, 5.74) is -1.04. The molecule has 1 aliphatic heterocycles. The van der Waals surface area contributed by atoms with E-state index >= 15 is 0 Å². The maximum absolute atomic E-state index is 14.9. The number of anilines is 1. The minimum atomic E-state index is -3.76. The van der Waals surface area contributed by atoms with Crippen molar-refractivity contribution in [2.24, 2.45) is 5.92 Å². The number of methoxy groups -OCH3 is 1. The zero-order valence-electron chi connectivity index (χ0n) is 18.6. The summed E-state index contributed by atoms with van der Waals surface area (Å²) in [6.07, 6.45) is 4.99. The van der Waals surface area contributed by atoms with Crippen LogP contribution in [0, 0.1) is 17.1 Å². The first kappa shape index (κ1) is 23.1. The fourth-order valence-corrected chi connectivity index (χ4v) is 6.84. The van der Waals surface area contributed by atoms with Crippen LogP contribution in [0.15, 0.2) is 30.6 Å². The van der Waals surface area contributed by atoms with Gasteiger partial charge in [0, 0.05) is 11.3 Å². The molecule has 176 valence electrons. The van der Waals surface area contributed by atoms with E-state index in [1.165, 1.54) is 31.6 Å². The molecule has 1 aliphatic carbocycles. The third-order valence-electron chi connectivity index (χ3n) is 6.79. The summed E-state index contributed by atoms with van der Waals surface area (Å²) in [6, 6.07) is 3.91. The van der Waals surface area contributed by atoms with E-state index in [0.717, 1.165) is 25.3 Å². The lowest BCUT2D eigenvalue weighted by atomic mass is 9.74. The molecule has 33 heavy (non-hydrogen) atoms. The minimum Gasteiger partial charge on any atom is -0.480 e. The first-order chi connectivity index (χ1) is 15.5. The van der Waals surface area contributed by atoms with Gasteiger partial charge in [-0.25, -0.2) is 22.8 Å². The van der Waals surface area contributed by atoms with Gasteiger partial charge < -0.3 is 15.4 Å². The summed E-state index contributed by atoms with van der Waals surface area (Å²) < 4.78 is 45.2. The van der Waals surface area contributed by atoms with Gasteiger partial charge in [-0.3, -0.25) is 10.2 Å². The number of benzene rings is 1. The van der Waals surface area contributed by atoms with Crippen LogP contribution in [0.3, 0.4) is 0 Å². The highest BCUT2D eigenvalue weighted by atomic mass is 32.2. The third kappa shape index (κ3) is 3.84. The molecule has 1 saturated heterocycles. The van der Waals surface area contributed by atoms with E-state index in [1.807, 2.05) is 0 Å². The number of rotatable bonds is 5. The summed E-state index contributed by atoms with van der Waals surface area (Å²) in [7, 11) is -2.33. The number of carbonyl (C=O) groups is 1. The minimum absolute atomic E-state index is 0.0318. The highest BCUT2D eigenvalue weighted by molar-refractivity contribution is 7.93. The first-order valence-electron chi connectivity index (χ1n) is 10.6. The predicted octanol–water partition coefficient (Wildman–Crippen LogP) is 2.65. The number of amidine groups is 1. The number of halogens is 1. The van der Waals surface area contributed by atoms with E-state index in [9.17, 15) is 17.6 Å². The molecule has 1 saturated carbocycles. The Morgan fingerprint density at radius 2 is 2.00 bits per heavy atom. The van der Waals surface area contributed by atoms with Crippen molar-refractivity contribution in [3.05, 3.63) is 47.7 Å². The van der Waals surface area contributed by atoms with Gasteiger partial charge in [-0.2, -0.15) is 0 Å². The van der Waals surface area contributed by atoms with E-state index in [2.05, 4.69) is 20.6 Å². The second-order valence-electron chi connectivity index (χ2n) is 8.92. The van der Waals surface area contributed by atoms with Crippen LogP contribution < -0.4 is 15.4 Å². The highest BCUT2D eigenvalue weighted by Gasteiger charge is 2.58. The summed E-state index contributed by atoms with van der Waals surface area (Å²) in [5.74, 6) is -1.56. The summed E-state index contributed by atoms with van der Waals surface area (Å²) in [4.78, 5) is 20.4. The zero-order chi connectivity index (χ0) is 24.0. The van der Waals surface area contributed by atoms with Gasteiger partial charge in [0.2, 0.25) is 5.88 Å². The molecule has 0 bridgehead atoms. The third-order valence-corrected chi connectivity index (χ3v) is 9.58. The molecule has 2 heterocycles. The quantitative estimate of drug-likeness (QED) is 0.605. The number of carbonyl (C=O) groups excluding carboxylic acids is 1. The van der Waals surface area contributed by atoms with Gasteiger partial charge >= 0.3 is 0 Å². The number of sulfone groups is 1. The van der Waals surface area contributed by atoms with Crippen LogP contribution in [0.5, 0.6) is 5.88 Å². The molecule has 2 atom stereocenters. The second kappa shape index (κ2) is 8.05. The van der Waals surface area contributed by atoms with E-state index in [-0.39, 0.29) is 40.3 Å². The van der Waals surface area contributed by atoms with Gasteiger partial charge in [0.25, 0.3) is 5.91 Å². The molecule has 2 aromatic rings. The van der Waals surface area contributed by atoms with Crippen molar-refractivity contribution in [1.82, 2.24) is 15.3 Å². The van der Waals surface area contributed by atoms with Gasteiger partial charge in [0.15, 0.2) is 9.84 Å². The number of amides is 1. The molecular weight excluding hydrogens is 449 g/mol. The molecule has 2 aliphatic rings. The van der Waals surface area contributed by atoms with E-state index < -0.39 is 31.8 Å². The summed E-state index contributed by atoms with van der Waals surface area (Å²) in [5, 5.41) is 14.2. The van der Waals surface area contributed by atoms with Gasteiger partial charge in [0.1, 0.15) is 22.1 Å². The Hall–Kier alpha value is -3.08. The van der Waals surface area contributed by atoms with Crippen molar-refractivity contribution in [3.8, 4) is 5.88 Å². The molecule has 4 rings (SSSR count). The SMILES string of the molecule is COc1cnc(C(=O)Nc2ccc(F)c([C@]3(C)CS(=O)(=O)[C@](C)(C4CCC4)C(=N)N3)c2)cn1. The average Bonchev–Trinajstić information content (AvgIpc) is 2.72. The van der Waals surface area contributed by atoms with Crippen molar-refractivity contribution >= 4 is 27.3 Å². The topological polar surface area (TPSA) is 134 Å². The molecule has 0 unspecified atom stereocenters. The summed E-state index contributed by atoms with van der Waals surface area (Å²) >= 11 is 0. The maximum atomic E-state index is 14.9. The number of nitrogens with one attached hydrogen (secondary N) is 3. The van der Waals surface area contributed by atoms with Crippen LogP contribution in [0.4, 0.5) is 10.1 Å². The molecule has 9 nitrogen and oxygen atoms in total. The normalized spacial score (nSPS) is 26.7. The lowest BCUT2D eigenvalue weighted by Gasteiger charge is -2.50. The van der Waals surface area contributed by atoms with E-state index in [4.69, 9.17) is 10.1 Å². The number of aromatic nitrogens is 2. The first-order valence-corrected chi connectivity index (χ1v) is 12.2. The Morgan fingerprint density at radius 3 is 2.55 bits per heavy atom. The molecule has 11 heteroatoms. The fraction of sp³-hybridized carbons (Fsp3) is 0.455. The lowest BCUT2D eigenvalue weighted by molar-refractivity contribution is 0.102. The van der Waals surface area contributed by atoms with Crippen molar-refractivity contribution in [3.63, 3.8) is 0 Å². The zero-order valence-corrected chi connectivity index (χ0v) is 19.4. The standard InChI is InChI=1S/C22H26FN5O4S/c1-21(12-33(30,31)22(2,20(24)28-21)13-5-4-6-13)15-9-14(7-8-16(15)23)27-19(29)17-10-26-18(32-3)11-25-17/h7-11,13H,4-6,12H2,1-3H3,(H2,24,28)(H,27,29)/t21-,22+/m0/s1. The van der Waals surface area contributed by atoms with E-state index in [1.54, 1.807) is 13.8 Å². The maximum Gasteiger partial charge on any atom is 0.275 e. The molecule has 3 N–H and O–H groups in total. The Bertz CT molecular complexity index is 1220. The number of hydrogen-bond acceptors (Lipinski definition) is 7. The van der Waals surface area contributed by atoms with Crippen molar-refractivity contribution in [2.75, 3.05) is 18.2 Å². The molecule has 0 radical (unpaired) electrons. The molecule has 1 amide bonds. The van der Waals surface area contributed by atoms with Gasteiger partial charge in [-0.15, -0.1) is 0 Å². The average molecular weight is 476 g/mol. The Kier molecular flexibility index (Phi) is 5.63. The van der Waals surface area contributed by atoms with Crippen LogP contribution in [-0.4, -0.2) is 47.7 Å². The monoisotopic (exact) mass is 475 g/mol. The van der Waals surface area contributed by atoms with Gasteiger partial charge in [0.05, 0.1) is 30.8 Å². The lowest BCUT2D eigenvalue weighted by Crippen LogP contribution is -2.68. The Morgan fingerprint density at radius 1 is 1.27 bits per heavy atom. The van der Waals surface area contributed by atoms with Crippen molar-refractivity contribution in [1.29, 1.82) is 5.41 Å². The molecule has 0 spiro atoms. The van der Waals surface area contributed by atoms with E-state index in [0.29, 0.717) is 0 Å². The fourth-order valence-electron chi connectivity index (χ4n) is 4.44. The van der Waals surface area contributed by atoms with Crippen LogP contribution in [0.25, 0.3) is 0 Å². The van der Waals surface area contributed by atoms with Crippen LogP contribution in [0.2, 0.25) is 0 Å². The number of hydrogen-bond donors (Lipinski definition) is 3. The van der Waals surface area contributed by atoms with Crippen molar-refractivity contribution in [2.45, 2.75) is 43.4 Å². The highest BCUT2D eigenvalue weighted by Crippen LogP contribution is 2.46. The van der Waals surface area contributed by atoms with Gasteiger partial charge in [-0.05, 0) is 50.8 Å². The molecular formula is C22H26FN5O4S. The number of nitrogens with zero attached hydrogens (tertiary/aromatic N) is 2. The molecule has 2 fully saturated rings. The Labute approximate surface area is 191 Å². The van der Waals surface area contributed by atoms with Gasteiger partial charge in [-0.1, -0.05) is 6.42 Å². The van der Waals surface area contributed by atoms with Crippen molar-refractivity contribution < 1.29 is 22.3 Å². The second-order valence-corrected chi connectivity index (χ2v) is 11.3. The van der Waals surface area contributed by atoms with Crippen LogP contribution in [0.1, 0.15) is 49.2 Å². The van der Waals surface area contributed by atoms with Crippen LogP contribution >= 0.6 is 0 Å². The predicted molar refractivity (Wildman–Crippen MR) is 121 cm³/mol. The van der Waals surface area contributed by atoms with Crippen LogP contribution in [-0.2, 0) is 15.4 Å². The smallest absolute Gasteiger partial charge is 0.275 e. The number of ether oxygens (including phenoxy) is 1.